The molecule has 3 aliphatic carbocycles. The highest BCUT2D eigenvalue weighted by Gasteiger charge is 2.71. The van der Waals surface area contributed by atoms with E-state index in [2.05, 4.69) is 34.6 Å². The van der Waals surface area contributed by atoms with Crippen molar-refractivity contribution in [3.63, 3.8) is 0 Å². The average Bonchev–Trinajstić information content (AvgIpc) is 2.73. The molecule has 0 aromatic carbocycles. The van der Waals surface area contributed by atoms with Gasteiger partial charge >= 0.3 is 0 Å². The standard InChI is InChI=1S/C19H30O2/c1-12-6-7-14(10-13(12)2)16(20)19(21)11-15-8-9-18(19,5)17(15,3)4/h14-15,21H,6-11H2,1-5H3/t14-,15-,18-,19+/m1/s1. The Labute approximate surface area is 129 Å². The van der Waals surface area contributed by atoms with Gasteiger partial charge < -0.3 is 5.11 Å². The molecule has 2 nitrogen and oxygen atoms in total. The number of carbonyl (C=O) groups excluding carboxylic acids is 1. The summed E-state index contributed by atoms with van der Waals surface area (Å²) >= 11 is 0. The monoisotopic (exact) mass is 290 g/mol. The van der Waals surface area contributed by atoms with Crippen LogP contribution in [0.3, 0.4) is 0 Å². The van der Waals surface area contributed by atoms with Gasteiger partial charge in [-0.1, -0.05) is 31.9 Å². The van der Waals surface area contributed by atoms with Crippen LogP contribution >= 0.6 is 0 Å². The van der Waals surface area contributed by atoms with Crippen molar-refractivity contribution in [1.82, 2.24) is 0 Å². The molecule has 0 radical (unpaired) electrons. The van der Waals surface area contributed by atoms with E-state index in [0.29, 0.717) is 12.3 Å². The maximum absolute atomic E-state index is 13.2. The minimum absolute atomic E-state index is 0.0330. The lowest BCUT2D eigenvalue weighted by Crippen LogP contribution is -2.55. The van der Waals surface area contributed by atoms with Crippen molar-refractivity contribution in [3.05, 3.63) is 11.1 Å². The van der Waals surface area contributed by atoms with Crippen LogP contribution in [0.5, 0.6) is 0 Å². The number of hydrogen-bond donors (Lipinski definition) is 1. The fraction of sp³-hybridized carbons (Fsp3) is 0.842. The molecule has 2 bridgehead atoms. The van der Waals surface area contributed by atoms with Crippen LogP contribution in [0.15, 0.2) is 11.1 Å². The van der Waals surface area contributed by atoms with Gasteiger partial charge in [0.25, 0.3) is 0 Å². The molecule has 4 atom stereocenters. The number of rotatable bonds is 2. The molecule has 0 heterocycles. The van der Waals surface area contributed by atoms with E-state index in [1.807, 2.05) is 0 Å². The van der Waals surface area contributed by atoms with Gasteiger partial charge in [-0.25, -0.2) is 0 Å². The molecule has 118 valence electrons. The average molecular weight is 290 g/mol. The molecule has 1 N–H and O–H groups in total. The van der Waals surface area contributed by atoms with Crippen LogP contribution in [-0.2, 0) is 4.79 Å². The van der Waals surface area contributed by atoms with Gasteiger partial charge in [-0.3, -0.25) is 4.79 Å². The first kappa shape index (κ1) is 15.3. The van der Waals surface area contributed by atoms with E-state index < -0.39 is 5.60 Å². The molecule has 0 spiro atoms. The molecule has 21 heavy (non-hydrogen) atoms. The zero-order valence-corrected chi connectivity index (χ0v) is 14.3. The molecule has 2 fully saturated rings. The van der Waals surface area contributed by atoms with Gasteiger partial charge in [-0.2, -0.15) is 0 Å². The van der Waals surface area contributed by atoms with Gasteiger partial charge in [0, 0.05) is 11.3 Å². The summed E-state index contributed by atoms with van der Waals surface area (Å²) in [5.74, 6) is 0.677. The zero-order chi connectivity index (χ0) is 15.6. The quantitative estimate of drug-likeness (QED) is 0.771. The second-order valence-electron chi connectivity index (χ2n) is 8.72. The van der Waals surface area contributed by atoms with Crippen LogP contribution in [0.25, 0.3) is 0 Å². The molecule has 0 saturated heterocycles. The predicted octanol–water partition coefficient (Wildman–Crippen LogP) is 4.27. The lowest BCUT2D eigenvalue weighted by Gasteiger charge is -2.46. The SMILES string of the molecule is CC1=C(C)C[C@H](C(=O)[C@@]2(O)C[C@H]3CC[C@]2(C)C3(C)C)CC1. The highest BCUT2D eigenvalue weighted by atomic mass is 16.3. The van der Waals surface area contributed by atoms with Crippen LogP contribution in [-0.4, -0.2) is 16.5 Å². The van der Waals surface area contributed by atoms with Crippen molar-refractivity contribution in [2.75, 3.05) is 0 Å². The summed E-state index contributed by atoms with van der Waals surface area (Å²) in [6.07, 6.45) is 5.64. The summed E-state index contributed by atoms with van der Waals surface area (Å²) < 4.78 is 0. The highest BCUT2D eigenvalue weighted by molar-refractivity contribution is 5.91. The Morgan fingerprint density at radius 2 is 1.81 bits per heavy atom. The van der Waals surface area contributed by atoms with E-state index in [0.717, 1.165) is 25.7 Å². The smallest absolute Gasteiger partial charge is 0.168 e. The van der Waals surface area contributed by atoms with Crippen molar-refractivity contribution in [2.24, 2.45) is 22.7 Å². The normalized spacial score (nSPS) is 45.2. The Morgan fingerprint density at radius 3 is 2.29 bits per heavy atom. The molecule has 0 amide bonds. The zero-order valence-electron chi connectivity index (χ0n) is 14.3. The molecule has 3 aliphatic rings. The molecular weight excluding hydrogens is 260 g/mol. The number of Topliss-reactive ketones (excluding diaryl/α,β-unsaturated/α-hetero) is 1. The lowest BCUT2D eigenvalue weighted by atomic mass is 9.61. The Bertz CT molecular complexity index is 516. The third-order valence-corrected chi connectivity index (χ3v) is 7.82. The number of aliphatic hydroxyl groups is 1. The van der Waals surface area contributed by atoms with Crippen molar-refractivity contribution < 1.29 is 9.90 Å². The van der Waals surface area contributed by atoms with Gasteiger partial charge in [0.05, 0.1) is 0 Å². The number of carbonyl (C=O) groups is 1. The summed E-state index contributed by atoms with van der Waals surface area (Å²) in [5, 5.41) is 11.4. The van der Waals surface area contributed by atoms with E-state index in [1.165, 1.54) is 17.6 Å². The van der Waals surface area contributed by atoms with Crippen molar-refractivity contribution >= 4 is 5.78 Å². The molecule has 3 rings (SSSR count). The van der Waals surface area contributed by atoms with Crippen molar-refractivity contribution in [3.8, 4) is 0 Å². The largest absolute Gasteiger partial charge is 0.381 e. The van der Waals surface area contributed by atoms with Gasteiger partial charge in [0.15, 0.2) is 5.78 Å². The summed E-state index contributed by atoms with van der Waals surface area (Å²) in [7, 11) is 0. The van der Waals surface area contributed by atoms with E-state index in [4.69, 9.17) is 0 Å². The maximum Gasteiger partial charge on any atom is 0.168 e. The Kier molecular flexibility index (Phi) is 3.23. The molecule has 0 aliphatic heterocycles. The third kappa shape index (κ3) is 1.78. The van der Waals surface area contributed by atoms with Crippen LogP contribution in [0.4, 0.5) is 0 Å². The van der Waals surface area contributed by atoms with Gasteiger partial charge in [0.2, 0.25) is 0 Å². The van der Waals surface area contributed by atoms with Gasteiger partial charge in [-0.05, 0) is 63.7 Å². The summed E-state index contributed by atoms with van der Waals surface area (Å²) in [4.78, 5) is 13.2. The number of hydrogen-bond acceptors (Lipinski definition) is 2. The van der Waals surface area contributed by atoms with Gasteiger partial charge in [-0.15, -0.1) is 0 Å². The third-order valence-electron chi connectivity index (χ3n) is 7.82. The molecule has 2 saturated carbocycles. The predicted molar refractivity (Wildman–Crippen MR) is 84.9 cm³/mol. The second kappa shape index (κ2) is 4.44. The molecule has 0 aromatic rings. The van der Waals surface area contributed by atoms with Crippen LogP contribution in [0, 0.1) is 22.7 Å². The first-order valence-electron chi connectivity index (χ1n) is 8.55. The first-order valence-corrected chi connectivity index (χ1v) is 8.55. The summed E-state index contributed by atoms with van der Waals surface area (Å²) in [6.45, 7) is 11.0. The molecular formula is C19H30O2. The first-order chi connectivity index (χ1) is 9.63. The Hall–Kier alpha value is -0.630. The fourth-order valence-corrected chi connectivity index (χ4v) is 5.46. The number of allylic oxidation sites excluding steroid dienone is 2. The Morgan fingerprint density at radius 1 is 1.14 bits per heavy atom. The van der Waals surface area contributed by atoms with E-state index in [1.54, 1.807) is 0 Å². The minimum Gasteiger partial charge on any atom is -0.381 e. The van der Waals surface area contributed by atoms with Crippen molar-refractivity contribution in [2.45, 2.75) is 78.7 Å². The lowest BCUT2D eigenvalue weighted by molar-refractivity contribution is -0.160. The Balaban J connectivity index is 1.89. The topological polar surface area (TPSA) is 37.3 Å². The van der Waals surface area contributed by atoms with Crippen LogP contribution in [0.1, 0.15) is 73.1 Å². The number of ketones is 1. The number of fused-ring (bicyclic) bond motifs is 2. The highest BCUT2D eigenvalue weighted by Crippen LogP contribution is 2.70. The molecule has 0 aromatic heterocycles. The van der Waals surface area contributed by atoms with Crippen LogP contribution < -0.4 is 0 Å². The molecule has 2 heteroatoms. The minimum atomic E-state index is -1.09. The van der Waals surface area contributed by atoms with E-state index >= 15 is 0 Å². The van der Waals surface area contributed by atoms with E-state index in [-0.39, 0.29) is 22.5 Å². The van der Waals surface area contributed by atoms with Gasteiger partial charge in [0.1, 0.15) is 5.60 Å². The fourth-order valence-electron chi connectivity index (χ4n) is 5.46. The summed E-state index contributed by atoms with van der Waals surface area (Å²) in [5.41, 5.74) is 1.54. The second-order valence-corrected chi connectivity index (χ2v) is 8.72. The van der Waals surface area contributed by atoms with Crippen molar-refractivity contribution in [1.29, 1.82) is 0 Å². The van der Waals surface area contributed by atoms with Crippen LogP contribution in [0.2, 0.25) is 0 Å². The van der Waals surface area contributed by atoms with E-state index in [9.17, 15) is 9.90 Å². The molecule has 0 unspecified atom stereocenters. The maximum atomic E-state index is 13.2. The summed E-state index contributed by atoms with van der Waals surface area (Å²) in [6, 6.07) is 0.